The van der Waals surface area contributed by atoms with Crippen LogP contribution in [0.2, 0.25) is 0 Å². The Bertz CT molecular complexity index is 831. The van der Waals surface area contributed by atoms with E-state index in [4.69, 9.17) is 0 Å². The highest BCUT2D eigenvalue weighted by molar-refractivity contribution is 5.94. The molecule has 160 valence electrons. The summed E-state index contributed by atoms with van der Waals surface area (Å²) in [4.78, 5) is 29.7. The molecule has 1 aromatic heterocycles. The molecule has 1 saturated heterocycles. The minimum atomic E-state index is -0.623. The third-order valence-corrected chi connectivity index (χ3v) is 5.40. The molecule has 2 N–H and O–H groups in total. The van der Waals surface area contributed by atoms with Crippen LogP contribution in [0.1, 0.15) is 48.9 Å². The average Bonchev–Trinajstić information content (AvgIpc) is 3.22. The maximum absolute atomic E-state index is 13.0. The van der Waals surface area contributed by atoms with Gasteiger partial charge in [0.2, 0.25) is 5.95 Å². The van der Waals surface area contributed by atoms with E-state index in [-0.39, 0.29) is 11.9 Å². The summed E-state index contributed by atoms with van der Waals surface area (Å²) in [6.07, 6.45) is 7.73. The molecule has 2 aromatic rings. The van der Waals surface area contributed by atoms with Gasteiger partial charge in [-0.2, -0.15) is 4.39 Å². The van der Waals surface area contributed by atoms with Crippen LogP contribution in [-0.4, -0.2) is 41.5 Å². The Morgan fingerprint density at radius 1 is 1.10 bits per heavy atom. The first kappa shape index (κ1) is 21.7. The van der Waals surface area contributed by atoms with Crippen LogP contribution >= 0.6 is 0 Å². The Morgan fingerprint density at radius 3 is 2.70 bits per heavy atom. The second-order valence-electron chi connectivity index (χ2n) is 7.72. The van der Waals surface area contributed by atoms with Gasteiger partial charge in [-0.3, -0.25) is 4.79 Å². The molecule has 1 aliphatic rings. The Hall–Kier alpha value is -2.96. The number of pyridine rings is 1. The minimum absolute atomic E-state index is 0.136. The fraction of sp³-hybridized carbons (Fsp3) is 0.435. The van der Waals surface area contributed by atoms with Crippen molar-refractivity contribution in [3.63, 3.8) is 0 Å². The van der Waals surface area contributed by atoms with Crippen molar-refractivity contribution in [2.24, 2.45) is 5.92 Å². The van der Waals surface area contributed by atoms with Gasteiger partial charge in [-0.05, 0) is 43.4 Å². The van der Waals surface area contributed by atoms with Gasteiger partial charge in [0.25, 0.3) is 5.91 Å². The highest BCUT2D eigenvalue weighted by Crippen LogP contribution is 2.23. The summed E-state index contributed by atoms with van der Waals surface area (Å²) in [5.41, 5.74) is 1.15. The van der Waals surface area contributed by atoms with Gasteiger partial charge < -0.3 is 15.5 Å². The summed E-state index contributed by atoms with van der Waals surface area (Å²) < 4.78 is 13.0. The first-order chi connectivity index (χ1) is 14.6. The van der Waals surface area contributed by atoms with E-state index >= 15 is 0 Å². The summed E-state index contributed by atoms with van der Waals surface area (Å²) in [6, 6.07) is 11.9. The minimum Gasteiger partial charge on any atom is -0.338 e. The van der Waals surface area contributed by atoms with Gasteiger partial charge >= 0.3 is 6.03 Å². The lowest BCUT2D eigenvalue weighted by Gasteiger charge is -2.16. The number of aromatic nitrogens is 1. The monoisotopic (exact) mass is 412 g/mol. The zero-order valence-corrected chi connectivity index (χ0v) is 17.1. The maximum atomic E-state index is 13.0. The fourth-order valence-electron chi connectivity index (χ4n) is 3.79. The molecule has 1 aromatic carbocycles. The summed E-state index contributed by atoms with van der Waals surface area (Å²) in [6.45, 7) is 2.28. The van der Waals surface area contributed by atoms with E-state index in [0.717, 1.165) is 57.2 Å². The van der Waals surface area contributed by atoms with Gasteiger partial charge in [0.1, 0.15) is 0 Å². The lowest BCUT2D eigenvalue weighted by atomic mass is 10.00. The predicted molar refractivity (Wildman–Crippen MR) is 115 cm³/mol. The number of benzene rings is 1. The number of urea groups is 1. The van der Waals surface area contributed by atoms with Gasteiger partial charge in [-0.1, -0.05) is 37.5 Å². The molecule has 1 unspecified atom stereocenters. The summed E-state index contributed by atoms with van der Waals surface area (Å²) in [5, 5.41) is 5.36. The zero-order chi connectivity index (χ0) is 21.2. The molecule has 0 saturated carbocycles. The highest BCUT2D eigenvalue weighted by Gasteiger charge is 2.26. The van der Waals surface area contributed by atoms with Crippen LogP contribution in [-0.2, 0) is 0 Å². The number of carbonyl (C=O) groups excluding carboxylic acids is 2. The number of rotatable bonds is 9. The van der Waals surface area contributed by atoms with Crippen molar-refractivity contribution in [3.8, 4) is 0 Å². The van der Waals surface area contributed by atoms with Crippen molar-refractivity contribution in [1.82, 2.24) is 15.2 Å². The number of nitrogens with one attached hydrogen (secondary N) is 2. The second-order valence-corrected chi connectivity index (χ2v) is 7.72. The number of likely N-dealkylation sites (tertiary alicyclic amines) is 1. The number of anilines is 1. The van der Waals surface area contributed by atoms with Crippen LogP contribution in [0.3, 0.4) is 0 Å². The van der Waals surface area contributed by atoms with E-state index in [2.05, 4.69) is 15.6 Å². The Morgan fingerprint density at radius 2 is 1.90 bits per heavy atom. The number of carbonyl (C=O) groups is 2. The smallest absolute Gasteiger partial charge is 0.319 e. The Labute approximate surface area is 176 Å². The van der Waals surface area contributed by atoms with E-state index in [1.807, 2.05) is 35.2 Å². The molecule has 2 heterocycles. The molecule has 30 heavy (non-hydrogen) atoms. The Balaban J connectivity index is 1.22. The molecule has 6 nitrogen and oxygen atoms in total. The number of unbranched alkanes of at least 4 members (excludes halogenated alkanes) is 3. The van der Waals surface area contributed by atoms with Crippen molar-refractivity contribution >= 4 is 17.6 Å². The number of hydrogen-bond acceptors (Lipinski definition) is 3. The lowest BCUT2D eigenvalue weighted by molar-refractivity contribution is 0.0786. The molecule has 1 aliphatic heterocycles. The summed E-state index contributed by atoms with van der Waals surface area (Å²) in [7, 11) is 0. The van der Waals surface area contributed by atoms with Crippen molar-refractivity contribution in [2.45, 2.75) is 38.5 Å². The van der Waals surface area contributed by atoms with Gasteiger partial charge in [0.05, 0.1) is 0 Å². The van der Waals surface area contributed by atoms with Crippen molar-refractivity contribution < 1.29 is 14.0 Å². The number of hydrogen-bond donors (Lipinski definition) is 2. The maximum Gasteiger partial charge on any atom is 0.319 e. The predicted octanol–water partition coefficient (Wildman–Crippen LogP) is 4.46. The van der Waals surface area contributed by atoms with Crippen LogP contribution < -0.4 is 10.6 Å². The molecular formula is C23H29FN4O2. The van der Waals surface area contributed by atoms with Crippen molar-refractivity contribution in [2.75, 3.05) is 25.0 Å². The summed E-state index contributed by atoms with van der Waals surface area (Å²) >= 11 is 0. The first-order valence-corrected chi connectivity index (χ1v) is 10.6. The lowest BCUT2D eigenvalue weighted by Crippen LogP contribution is -2.29. The molecule has 0 bridgehead atoms. The largest absolute Gasteiger partial charge is 0.338 e. The van der Waals surface area contributed by atoms with Gasteiger partial charge in [-0.15, -0.1) is 0 Å². The zero-order valence-electron chi connectivity index (χ0n) is 17.1. The van der Waals surface area contributed by atoms with E-state index in [1.165, 1.54) is 12.3 Å². The number of halogens is 1. The van der Waals surface area contributed by atoms with Crippen molar-refractivity contribution in [1.29, 1.82) is 0 Å². The number of nitrogens with zero attached hydrogens (tertiary/aromatic N) is 2. The van der Waals surface area contributed by atoms with Crippen LogP contribution in [0.15, 0.2) is 48.7 Å². The average molecular weight is 413 g/mol. The third-order valence-electron chi connectivity index (χ3n) is 5.40. The number of amides is 3. The molecule has 0 radical (unpaired) electrons. The highest BCUT2D eigenvalue weighted by atomic mass is 19.1. The molecule has 7 heteroatoms. The van der Waals surface area contributed by atoms with Crippen LogP contribution in [0, 0.1) is 11.9 Å². The molecule has 0 spiro atoms. The fourth-order valence-corrected chi connectivity index (χ4v) is 3.79. The summed E-state index contributed by atoms with van der Waals surface area (Å²) in [5.74, 6) is 0.0990. The first-order valence-electron chi connectivity index (χ1n) is 10.6. The van der Waals surface area contributed by atoms with Crippen LogP contribution in [0.5, 0.6) is 0 Å². The topological polar surface area (TPSA) is 74.3 Å². The van der Waals surface area contributed by atoms with E-state index in [1.54, 1.807) is 6.07 Å². The van der Waals surface area contributed by atoms with E-state index in [0.29, 0.717) is 18.2 Å². The second kappa shape index (κ2) is 11.3. The van der Waals surface area contributed by atoms with Crippen molar-refractivity contribution in [3.05, 3.63) is 60.2 Å². The molecule has 0 aliphatic carbocycles. The molecule has 1 atom stereocenters. The Kier molecular flexibility index (Phi) is 8.18. The molecule has 1 fully saturated rings. The normalized spacial score (nSPS) is 15.8. The molecule has 3 amide bonds. The third kappa shape index (κ3) is 6.83. The standard InChI is InChI=1S/C23H29FN4O2/c24-21-16-20(11-14-25-21)27-23(30)26-13-7-2-1-4-8-18-12-15-28(17-18)22(29)19-9-5-3-6-10-19/h3,5-6,9-11,14,16,18H,1-2,4,7-8,12-13,15,17H2,(H2,25,26,27,30). The molecule has 3 rings (SSSR count). The van der Waals surface area contributed by atoms with Crippen LogP contribution in [0.4, 0.5) is 14.9 Å². The quantitative estimate of drug-likeness (QED) is 0.472. The van der Waals surface area contributed by atoms with Gasteiger partial charge in [0, 0.05) is 43.1 Å². The van der Waals surface area contributed by atoms with Gasteiger partial charge in [0.15, 0.2) is 0 Å². The van der Waals surface area contributed by atoms with Gasteiger partial charge in [-0.25, -0.2) is 9.78 Å². The van der Waals surface area contributed by atoms with Crippen LogP contribution in [0.25, 0.3) is 0 Å². The SMILES string of the molecule is O=C(NCCCCCCC1CCN(C(=O)c2ccccc2)C1)Nc1ccnc(F)c1. The molecular weight excluding hydrogens is 383 g/mol. The van der Waals surface area contributed by atoms with E-state index in [9.17, 15) is 14.0 Å². The van der Waals surface area contributed by atoms with E-state index < -0.39 is 5.95 Å².